The highest BCUT2D eigenvalue weighted by Gasteiger charge is 2.06. The van der Waals surface area contributed by atoms with Crippen LogP contribution in [0.3, 0.4) is 0 Å². The number of aromatic amines is 1. The van der Waals surface area contributed by atoms with E-state index < -0.39 is 0 Å². The highest BCUT2D eigenvalue weighted by atomic mass is 16.2. The standard InChI is InChI=1S/C10H10N4O2/c1-2-5-11-9(15)7-3-4-8-12-13-10(16)14(8)6-7/h2-4,6H,1,5H2,(H,11,15)(H,13,16). The van der Waals surface area contributed by atoms with Gasteiger partial charge in [0.1, 0.15) is 0 Å². The quantitative estimate of drug-likeness (QED) is 0.708. The maximum atomic E-state index is 11.6. The summed E-state index contributed by atoms with van der Waals surface area (Å²) in [5.74, 6) is -0.255. The van der Waals surface area contributed by atoms with Crippen LogP contribution in [0.15, 0.2) is 35.8 Å². The molecule has 0 fully saturated rings. The lowest BCUT2D eigenvalue weighted by Gasteiger charge is -2.01. The van der Waals surface area contributed by atoms with Crippen molar-refractivity contribution in [2.45, 2.75) is 0 Å². The van der Waals surface area contributed by atoms with E-state index in [2.05, 4.69) is 22.1 Å². The molecule has 0 radical (unpaired) electrons. The lowest BCUT2D eigenvalue weighted by molar-refractivity contribution is 0.0957. The Hall–Kier alpha value is -2.37. The number of amides is 1. The number of hydrogen-bond donors (Lipinski definition) is 2. The van der Waals surface area contributed by atoms with Crippen LogP contribution in [0.1, 0.15) is 10.4 Å². The fraction of sp³-hybridized carbons (Fsp3) is 0.100. The number of aromatic nitrogens is 3. The van der Waals surface area contributed by atoms with E-state index in [4.69, 9.17) is 0 Å². The zero-order valence-electron chi connectivity index (χ0n) is 8.43. The molecule has 0 aromatic carbocycles. The number of hydrogen-bond acceptors (Lipinski definition) is 3. The summed E-state index contributed by atoms with van der Waals surface area (Å²) in [7, 11) is 0. The van der Waals surface area contributed by atoms with Gasteiger partial charge < -0.3 is 5.32 Å². The van der Waals surface area contributed by atoms with Gasteiger partial charge in [0.05, 0.1) is 5.56 Å². The molecule has 0 aliphatic rings. The summed E-state index contributed by atoms with van der Waals surface area (Å²) in [6.07, 6.45) is 3.03. The highest BCUT2D eigenvalue weighted by Crippen LogP contribution is 2.01. The molecule has 0 aliphatic heterocycles. The molecule has 16 heavy (non-hydrogen) atoms. The summed E-state index contributed by atoms with van der Waals surface area (Å²) in [5, 5.41) is 8.68. The molecule has 0 unspecified atom stereocenters. The lowest BCUT2D eigenvalue weighted by Crippen LogP contribution is -2.24. The Labute approximate surface area is 90.6 Å². The van der Waals surface area contributed by atoms with Crippen LogP contribution in [0.4, 0.5) is 0 Å². The van der Waals surface area contributed by atoms with Crippen LogP contribution < -0.4 is 11.0 Å². The van der Waals surface area contributed by atoms with Crippen LogP contribution in [0, 0.1) is 0 Å². The Morgan fingerprint density at radius 3 is 3.19 bits per heavy atom. The third-order valence-corrected chi connectivity index (χ3v) is 2.08. The van der Waals surface area contributed by atoms with Crippen molar-refractivity contribution >= 4 is 11.6 Å². The number of H-pyrrole nitrogens is 1. The van der Waals surface area contributed by atoms with Crippen LogP contribution in [-0.2, 0) is 0 Å². The Morgan fingerprint density at radius 1 is 1.62 bits per heavy atom. The van der Waals surface area contributed by atoms with E-state index in [1.54, 1.807) is 18.2 Å². The van der Waals surface area contributed by atoms with Crippen LogP contribution in [0.5, 0.6) is 0 Å². The number of pyridine rings is 1. The van der Waals surface area contributed by atoms with E-state index in [1.165, 1.54) is 10.6 Å². The third-order valence-electron chi connectivity index (χ3n) is 2.08. The summed E-state index contributed by atoms with van der Waals surface area (Å²) in [4.78, 5) is 22.8. The molecule has 2 aromatic heterocycles. The maximum Gasteiger partial charge on any atom is 0.347 e. The fourth-order valence-corrected chi connectivity index (χ4v) is 1.31. The predicted octanol–water partition coefficient (Wildman–Crippen LogP) is -0.0616. The molecule has 1 amide bonds. The van der Waals surface area contributed by atoms with E-state index in [9.17, 15) is 9.59 Å². The second-order valence-corrected chi connectivity index (χ2v) is 3.17. The van der Waals surface area contributed by atoms with Crippen LogP contribution in [0.2, 0.25) is 0 Å². The normalized spacial score (nSPS) is 10.2. The van der Waals surface area contributed by atoms with Gasteiger partial charge in [-0.3, -0.25) is 4.79 Å². The minimum absolute atomic E-state index is 0.255. The first-order chi connectivity index (χ1) is 7.72. The van der Waals surface area contributed by atoms with Crippen LogP contribution in [0.25, 0.3) is 5.65 Å². The Kier molecular flexibility index (Phi) is 2.55. The molecular weight excluding hydrogens is 208 g/mol. The Morgan fingerprint density at radius 2 is 2.44 bits per heavy atom. The molecule has 0 saturated heterocycles. The molecule has 0 aliphatic carbocycles. The first kappa shape index (κ1) is 10.2. The molecule has 0 bridgehead atoms. The first-order valence-electron chi connectivity index (χ1n) is 4.68. The molecule has 2 N–H and O–H groups in total. The van der Waals surface area contributed by atoms with Crippen molar-refractivity contribution in [3.63, 3.8) is 0 Å². The Balaban J connectivity index is 2.38. The molecule has 6 nitrogen and oxygen atoms in total. The lowest BCUT2D eigenvalue weighted by atomic mass is 10.2. The smallest absolute Gasteiger partial charge is 0.347 e. The van der Waals surface area contributed by atoms with Gasteiger partial charge in [-0.2, -0.15) is 5.10 Å². The number of carbonyl (C=O) groups excluding carboxylic acids is 1. The van der Waals surface area contributed by atoms with E-state index in [0.29, 0.717) is 17.8 Å². The van der Waals surface area contributed by atoms with E-state index in [0.717, 1.165) is 0 Å². The van der Waals surface area contributed by atoms with Gasteiger partial charge in [-0.15, -0.1) is 6.58 Å². The van der Waals surface area contributed by atoms with E-state index in [1.807, 2.05) is 0 Å². The first-order valence-corrected chi connectivity index (χ1v) is 4.68. The average molecular weight is 218 g/mol. The Bertz CT molecular complexity index is 596. The van der Waals surface area contributed by atoms with Gasteiger partial charge in [0.15, 0.2) is 5.65 Å². The number of nitrogens with zero attached hydrogens (tertiary/aromatic N) is 2. The fourth-order valence-electron chi connectivity index (χ4n) is 1.31. The molecule has 82 valence electrons. The summed E-state index contributed by atoms with van der Waals surface area (Å²) >= 11 is 0. The van der Waals surface area contributed by atoms with Gasteiger partial charge in [-0.25, -0.2) is 14.3 Å². The summed E-state index contributed by atoms with van der Waals surface area (Å²) in [6, 6.07) is 3.20. The van der Waals surface area contributed by atoms with Gasteiger partial charge >= 0.3 is 5.69 Å². The van der Waals surface area contributed by atoms with Crippen molar-refractivity contribution in [3.05, 3.63) is 47.0 Å². The largest absolute Gasteiger partial charge is 0.349 e. The van der Waals surface area contributed by atoms with Crippen molar-refractivity contribution < 1.29 is 4.79 Å². The molecule has 6 heteroatoms. The number of rotatable bonds is 3. The van der Waals surface area contributed by atoms with Crippen molar-refractivity contribution in [2.75, 3.05) is 6.54 Å². The zero-order valence-corrected chi connectivity index (χ0v) is 8.43. The van der Waals surface area contributed by atoms with Crippen molar-refractivity contribution in [2.24, 2.45) is 0 Å². The van der Waals surface area contributed by atoms with Gasteiger partial charge in [0.2, 0.25) is 0 Å². The number of carbonyl (C=O) groups is 1. The maximum absolute atomic E-state index is 11.6. The summed E-state index contributed by atoms with van der Waals surface area (Å²) in [5.41, 5.74) is 0.511. The molecule has 0 atom stereocenters. The van der Waals surface area contributed by atoms with E-state index >= 15 is 0 Å². The molecule has 2 heterocycles. The molecular formula is C10H10N4O2. The van der Waals surface area contributed by atoms with E-state index in [-0.39, 0.29) is 11.6 Å². The van der Waals surface area contributed by atoms with Gasteiger partial charge in [0, 0.05) is 12.7 Å². The van der Waals surface area contributed by atoms with Crippen molar-refractivity contribution in [1.82, 2.24) is 19.9 Å². The third kappa shape index (κ3) is 1.72. The molecule has 0 saturated carbocycles. The number of fused-ring (bicyclic) bond motifs is 1. The van der Waals surface area contributed by atoms with Gasteiger partial charge in [-0.05, 0) is 12.1 Å². The molecule has 0 spiro atoms. The topological polar surface area (TPSA) is 79.3 Å². The highest BCUT2D eigenvalue weighted by molar-refractivity contribution is 5.94. The zero-order chi connectivity index (χ0) is 11.5. The van der Waals surface area contributed by atoms with Crippen molar-refractivity contribution in [1.29, 1.82) is 0 Å². The molecule has 2 rings (SSSR count). The van der Waals surface area contributed by atoms with Crippen LogP contribution in [-0.4, -0.2) is 27.0 Å². The van der Waals surface area contributed by atoms with Gasteiger partial charge in [-0.1, -0.05) is 6.08 Å². The average Bonchev–Trinajstić information content (AvgIpc) is 2.67. The monoisotopic (exact) mass is 218 g/mol. The van der Waals surface area contributed by atoms with Gasteiger partial charge in [0.25, 0.3) is 5.91 Å². The minimum atomic E-state index is -0.367. The van der Waals surface area contributed by atoms with Crippen molar-refractivity contribution in [3.8, 4) is 0 Å². The molecule has 2 aromatic rings. The summed E-state index contributed by atoms with van der Waals surface area (Å²) < 4.78 is 1.28. The van der Waals surface area contributed by atoms with Crippen LogP contribution >= 0.6 is 0 Å². The SMILES string of the molecule is C=CCNC(=O)c1ccc2n[nH]c(=O)n2c1. The number of nitrogens with one attached hydrogen (secondary N) is 2. The summed E-state index contributed by atoms with van der Waals surface area (Å²) in [6.45, 7) is 3.88. The minimum Gasteiger partial charge on any atom is -0.349 e. The second kappa shape index (κ2) is 4.01. The predicted molar refractivity (Wildman–Crippen MR) is 58.3 cm³/mol. The second-order valence-electron chi connectivity index (χ2n) is 3.17.